The van der Waals surface area contributed by atoms with E-state index < -0.39 is 0 Å². The minimum atomic E-state index is 0.171. The predicted octanol–water partition coefficient (Wildman–Crippen LogP) is 1.22. The first-order valence-electron chi connectivity index (χ1n) is 7.35. The van der Waals surface area contributed by atoms with Crippen LogP contribution >= 0.6 is 0 Å². The third-order valence-corrected chi connectivity index (χ3v) is 3.62. The Kier molecular flexibility index (Phi) is 7.28. The lowest BCUT2D eigenvalue weighted by Gasteiger charge is -2.32. The molecule has 0 aromatic rings. The van der Waals surface area contributed by atoms with Gasteiger partial charge in [-0.05, 0) is 52.6 Å². The van der Waals surface area contributed by atoms with Gasteiger partial charge in [0.25, 0.3) is 0 Å². The van der Waals surface area contributed by atoms with Crippen LogP contribution in [-0.2, 0) is 4.79 Å². The summed E-state index contributed by atoms with van der Waals surface area (Å²) < 4.78 is 0. The van der Waals surface area contributed by atoms with Gasteiger partial charge >= 0.3 is 0 Å². The first kappa shape index (κ1) is 15.4. The third-order valence-electron chi connectivity index (χ3n) is 3.62. The van der Waals surface area contributed by atoms with E-state index in [4.69, 9.17) is 0 Å². The minimum Gasteiger partial charge on any atom is -0.356 e. The second-order valence-electron chi connectivity index (χ2n) is 5.50. The minimum absolute atomic E-state index is 0.171. The number of rotatable bonds is 7. The van der Waals surface area contributed by atoms with E-state index in [1.54, 1.807) is 0 Å². The second-order valence-corrected chi connectivity index (χ2v) is 5.50. The van der Waals surface area contributed by atoms with Crippen LogP contribution in [0, 0.1) is 5.92 Å². The molecule has 1 aliphatic rings. The first-order valence-corrected chi connectivity index (χ1v) is 7.35. The maximum atomic E-state index is 11.5. The van der Waals surface area contributed by atoms with Gasteiger partial charge in [-0.3, -0.25) is 4.79 Å². The van der Waals surface area contributed by atoms with E-state index in [1.807, 2.05) is 6.92 Å². The third kappa shape index (κ3) is 5.83. The van der Waals surface area contributed by atoms with E-state index in [-0.39, 0.29) is 5.91 Å². The van der Waals surface area contributed by atoms with E-state index in [0.717, 1.165) is 38.6 Å². The van der Waals surface area contributed by atoms with Crippen molar-refractivity contribution in [1.29, 1.82) is 0 Å². The van der Waals surface area contributed by atoms with Gasteiger partial charge in [-0.2, -0.15) is 0 Å². The number of carbonyl (C=O) groups excluding carboxylic acids is 1. The molecule has 1 heterocycles. The summed E-state index contributed by atoms with van der Waals surface area (Å²) in [6.45, 7) is 11.4. The van der Waals surface area contributed by atoms with Crippen molar-refractivity contribution in [3.63, 3.8) is 0 Å². The van der Waals surface area contributed by atoms with Gasteiger partial charge in [-0.25, -0.2) is 0 Å². The summed E-state index contributed by atoms with van der Waals surface area (Å²) in [7, 11) is 0. The molecular weight excluding hydrogens is 226 g/mol. The quantitative estimate of drug-likeness (QED) is 0.719. The van der Waals surface area contributed by atoms with Crippen molar-refractivity contribution in [2.75, 3.05) is 32.7 Å². The average molecular weight is 255 g/mol. The summed E-state index contributed by atoms with van der Waals surface area (Å²) in [5.41, 5.74) is 0. The Morgan fingerprint density at radius 2 is 2.28 bits per heavy atom. The van der Waals surface area contributed by atoms with Crippen molar-refractivity contribution in [1.82, 2.24) is 15.5 Å². The first-order chi connectivity index (χ1) is 8.63. The number of amides is 1. The molecule has 0 bridgehead atoms. The van der Waals surface area contributed by atoms with E-state index in [0.29, 0.717) is 12.5 Å². The molecule has 0 aromatic carbocycles. The van der Waals surface area contributed by atoms with E-state index in [1.165, 1.54) is 12.8 Å². The van der Waals surface area contributed by atoms with Crippen LogP contribution in [0.2, 0.25) is 0 Å². The monoisotopic (exact) mass is 255 g/mol. The Morgan fingerprint density at radius 3 is 2.83 bits per heavy atom. The zero-order chi connectivity index (χ0) is 13.4. The SMILES string of the molecule is CCNC(=O)CCN(CC1CCCNC1)C(C)C. The molecule has 106 valence electrons. The van der Waals surface area contributed by atoms with Crippen LogP contribution in [0.5, 0.6) is 0 Å². The standard InChI is InChI=1S/C14H29N3O/c1-4-16-14(18)7-9-17(12(2)3)11-13-6-5-8-15-10-13/h12-13,15H,4-11H2,1-3H3,(H,16,18). The molecule has 0 radical (unpaired) electrons. The zero-order valence-electron chi connectivity index (χ0n) is 12.2. The zero-order valence-corrected chi connectivity index (χ0v) is 12.2. The summed E-state index contributed by atoms with van der Waals surface area (Å²) in [5, 5.41) is 6.32. The van der Waals surface area contributed by atoms with E-state index >= 15 is 0 Å². The average Bonchev–Trinajstić information content (AvgIpc) is 2.35. The Balaban J connectivity index is 2.32. The molecule has 1 amide bonds. The number of hydrogen-bond donors (Lipinski definition) is 2. The van der Waals surface area contributed by atoms with Crippen LogP contribution in [0.25, 0.3) is 0 Å². The van der Waals surface area contributed by atoms with Crippen molar-refractivity contribution in [2.24, 2.45) is 5.92 Å². The molecule has 0 aromatic heterocycles. The highest BCUT2D eigenvalue weighted by molar-refractivity contribution is 5.75. The molecule has 18 heavy (non-hydrogen) atoms. The number of nitrogens with one attached hydrogen (secondary N) is 2. The maximum Gasteiger partial charge on any atom is 0.221 e. The topological polar surface area (TPSA) is 44.4 Å². The molecule has 4 heteroatoms. The van der Waals surface area contributed by atoms with Gasteiger partial charge in [0.15, 0.2) is 0 Å². The van der Waals surface area contributed by atoms with E-state index in [2.05, 4.69) is 29.4 Å². The van der Waals surface area contributed by atoms with Gasteiger partial charge in [0.05, 0.1) is 0 Å². The Morgan fingerprint density at radius 1 is 1.50 bits per heavy atom. The molecule has 4 nitrogen and oxygen atoms in total. The van der Waals surface area contributed by atoms with Crippen molar-refractivity contribution in [2.45, 2.75) is 46.1 Å². The van der Waals surface area contributed by atoms with Crippen molar-refractivity contribution < 1.29 is 4.79 Å². The number of carbonyl (C=O) groups is 1. The van der Waals surface area contributed by atoms with Gasteiger partial charge in [0, 0.05) is 32.1 Å². The number of piperidine rings is 1. The van der Waals surface area contributed by atoms with Gasteiger partial charge in [-0.15, -0.1) is 0 Å². The molecule has 1 fully saturated rings. The summed E-state index contributed by atoms with van der Waals surface area (Å²) in [4.78, 5) is 13.9. The highest BCUT2D eigenvalue weighted by atomic mass is 16.1. The molecule has 1 atom stereocenters. The largest absolute Gasteiger partial charge is 0.356 e. The molecule has 1 rings (SSSR count). The molecule has 1 aliphatic heterocycles. The van der Waals surface area contributed by atoms with Crippen LogP contribution in [-0.4, -0.2) is 49.6 Å². The highest BCUT2D eigenvalue weighted by Gasteiger charge is 2.19. The lowest BCUT2D eigenvalue weighted by atomic mass is 9.98. The number of hydrogen-bond acceptors (Lipinski definition) is 3. The van der Waals surface area contributed by atoms with Crippen LogP contribution in [0.3, 0.4) is 0 Å². The smallest absolute Gasteiger partial charge is 0.221 e. The summed E-state index contributed by atoms with van der Waals surface area (Å²) in [6, 6.07) is 0.515. The van der Waals surface area contributed by atoms with Gasteiger partial charge in [-0.1, -0.05) is 0 Å². The van der Waals surface area contributed by atoms with Crippen molar-refractivity contribution in [3.8, 4) is 0 Å². The Labute approximate surface area is 111 Å². The van der Waals surface area contributed by atoms with Gasteiger partial charge < -0.3 is 15.5 Å². The van der Waals surface area contributed by atoms with Crippen LogP contribution in [0.15, 0.2) is 0 Å². The van der Waals surface area contributed by atoms with Gasteiger partial charge in [0.1, 0.15) is 0 Å². The Bertz CT molecular complexity index is 237. The predicted molar refractivity (Wildman–Crippen MR) is 75.6 cm³/mol. The molecule has 0 saturated carbocycles. The summed E-state index contributed by atoms with van der Waals surface area (Å²) in [6.07, 6.45) is 3.22. The lowest BCUT2D eigenvalue weighted by molar-refractivity contribution is -0.121. The maximum absolute atomic E-state index is 11.5. The number of nitrogens with zero attached hydrogens (tertiary/aromatic N) is 1. The molecule has 2 N–H and O–H groups in total. The molecular formula is C14H29N3O. The molecule has 0 aliphatic carbocycles. The highest BCUT2D eigenvalue weighted by Crippen LogP contribution is 2.13. The molecule has 1 saturated heterocycles. The fourth-order valence-corrected chi connectivity index (χ4v) is 2.50. The fourth-order valence-electron chi connectivity index (χ4n) is 2.50. The Hall–Kier alpha value is -0.610. The van der Waals surface area contributed by atoms with E-state index in [9.17, 15) is 4.79 Å². The summed E-state index contributed by atoms with van der Waals surface area (Å²) >= 11 is 0. The van der Waals surface area contributed by atoms with Crippen LogP contribution in [0.4, 0.5) is 0 Å². The normalized spacial score (nSPS) is 20.4. The fraction of sp³-hybridized carbons (Fsp3) is 0.929. The van der Waals surface area contributed by atoms with Crippen LogP contribution in [0.1, 0.15) is 40.0 Å². The van der Waals surface area contributed by atoms with Gasteiger partial charge in [0.2, 0.25) is 5.91 Å². The second kappa shape index (κ2) is 8.48. The molecule has 0 spiro atoms. The van der Waals surface area contributed by atoms with Crippen molar-refractivity contribution in [3.05, 3.63) is 0 Å². The van der Waals surface area contributed by atoms with Crippen molar-refractivity contribution >= 4 is 5.91 Å². The molecule has 1 unspecified atom stereocenters. The summed E-state index contributed by atoms with van der Waals surface area (Å²) in [5.74, 6) is 0.917. The lowest BCUT2D eigenvalue weighted by Crippen LogP contribution is -2.42. The van der Waals surface area contributed by atoms with Crippen LogP contribution < -0.4 is 10.6 Å².